The molecule has 336 valence electrons. The highest BCUT2D eigenvalue weighted by molar-refractivity contribution is 7.87. The Kier molecular flexibility index (Phi) is 12.9. The van der Waals surface area contributed by atoms with Gasteiger partial charge in [0.2, 0.25) is 0 Å². The van der Waals surface area contributed by atoms with Gasteiger partial charge >= 0.3 is 0 Å². The molecule has 69 heavy (non-hydrogen) atoms. The van der Waals surface area contributed by atoms with Crippen LogP contribution in [0, 0.1) is 0 Å². The van der Waals surface area contributed by atoms with E-state index in [2.05, 4.69) is 0 Å². The van der Waals surface area contributed by atoms with Crippen molar-refractivity contribution in [2.45, 2.75) is 0 Å². The van der Waals surface area contributed by atoms with E-state index in [0.29, 0.717) is 63.7 Å². The lowest BCUT2D eigenvalue weighted by molar-refractivity contribution is 0.489. The molecule has 0 saturated carbocycles. The molecule has 0 saturated heterocycles. The normalized spacial score (nSPS) is 12.0. The molecular weight excluding hydrogens is 925 g/mol. The lowest BCUT2D eigenvalue weighted by Gasteiger charge is -2.28. The van der Waals surface area contributed by atoms with Crippen molar-refractivity contribution in [1.29, 1.82) is 0 Å². The summed E-state index contributed by atoms with van der Waals surface area (Å²) in [5, 5.41) is 6.25. The van der Waals surface area contributed by atoms with Crippen LogP contribution in [0.15, 0.2) is 279 Å². The van der Waals surface area contributed by atoms with E-state index in [1.165, 1.54) is 0 Å². The van der Waals surface area contributed by atoms with Gasteiger partial charge in [0, 0.05) is 53.0 Å². The molecule has 0 N–H and O–H groups in total. The molecule has 5 nitrogen and oxygen atoms in total. The predicted molar refractivity (Wildman–Crippen MR) is 291 cm³/mol. The van der Waals surface area contributed by atoms with Crippen LogP contribution in [0.2, 0.25) is 0 Å². The maximum Gasteiger partial charge on any atom is 0.174 e. The van der Waals surface area contributed by atoms with Gasteiger partial charge in [-0.1, -0.05) is 243 Å². The van der Waals surface area contributed by atoms with E-state index in [1.54, 1.807) is 36.4 Å². The zero-order chi connectivity index (χ0) is 47.3. The fraction of sp³-hybridized carbons (Fsp3) is 0. The molecule has 0 aromatic heterocycles. The average Bonchev–Trinajstić information content (AvgIpc) is 3.44. The van der Waals surface area contributed by atoms with Crippen molar-refractivity contribution in [2.75, 3.05) is 0 Å². The van der Waals surface area contributed by atoms with Crippen molar-refractivity contribution in [3.8, 4) is 11.5 Å². The molecular formula is C60H46O5P4. The summed E-state index contributed by atoms with van der Waals surface area (Å²) >= 11 is 0. The van der Waals surface area contributed by atoms with Crippen LogP contribution in [0.25, 0.3) is 0 Å². The fourth-order valence-corrected chi connectivity index (χ4v) is 20.2. The minimum Gasteiger partial charge on any atom is -0.456 e. The van der Waals surface area contributed by atoms with E-state index >= 15 is 18.3 Å². The minimum absolute atomic E-state index is 0.221. The van der Waals surface area contributed by atoms with E-state index in [1.807, 2.05) is 243 Å². The van der Waals surface area contributed by atoms with Crippen LogP contribution in [0.1, 0.15) is 0 Å². The summed E-state index contributed by atoms with van der Waals surface area (Å²) in [4.78, 5) is 0. The van der Waals surface area contributed by atoms with Crippen molar-refractivity contribution < 1.29 is 23.0 Å². The summed E-state index contributed by atoms with van der Waals surface area (Å²) in [5.74, 6) is 0.442. The number of hydrogen-bond donors (Lipinski definition) is 0. The molecule has 0 unspecified atom stereocenters. The third-order valence-electron chi connectivity index (χ3n) is 12.5. The first-order valence-electron chi connectivity index (χ1n) is 22.6. The molecule has 0 bridgehead atoms. The summed E-state index contributed by atoms with van der Waals surface area (Å²) in [6.07, 6.45) is 0. The van der Waals surface area contributed by atoms with Crippen molar-refractivity contribution >= 4 is 92.2 Å². The molecule has 10 rings (SSSR count). The molecule has 10 aromatic rings. The Balaban J connectivity index is 1.28. The second kappa shape index (κ2) is 19.5. The predicted octanol–water partition coefficient (Wildman–Crippen LogP) is 10.0. The highest BCUT2D eigenvalue weighted by atomic mass is 31.2. The first kappa shape index (κ1) is 45.7. The van der Waals surface area contributed by atoms with Gasteiger partial charge < -0.3 is 23.0 Å². The van der Waals surface area contributed by atoms with Crippen LogP contribution >= 0.6 is 28.6 Å². The number of ether oxygens (including phenoxy) is 1. The Morgan fingerprint density at radius 2 is 0.391 bits per heavy atom. The number of hydrogen-bond acceptors (Lipinski definition) is 5. The summed E-state index contributed by atoms with van der Waals surface area (Å²) in [7, 11) is -15.0. The Labute approximate surface area is 403 Å². The van der Waals surface area contributed by atoms with Crippen LogP contribution in [0.3, 0.4) is 0 Å². The lowest BCUT2D eigenvalue weighted by Crippen LogP contribution is -2.32. The highest BCUT2D eigenvalue weighted by Gasteiger charge is 2.40. The maximum atomic E-state index is 16.7. The molecule has 10 aromatic carbocycles. The maximum absolute atomic E-state index is 16.7. The molecule has 0 amide bonds. The summed E-state index contributed by atoms with van der Waals surface area (Å²) < 4.78 is 73.0. The Morgan fingerprint density at radius 1 is 0.203 bits per heavy atom. The molecule has 0 radical (unpaired) electrons. The van der Waals surface area contributed by atoms with Gasteiger partial charge in [0.1, 0.15) is 11.5 Å². The lowest BCUT2D eigenvalue weighted by atomic mass is 10.3. The van der Waals surface area contributed by atoms with Crippen LogP contribution < -0.4 is 68.4 Å². The summed E-state index contributed by atoms with van der Waals surface area (Å²) in [6.45, 7) is 0. The smallest absolute Gasteiger partial charge is 0.174 e. The van der Waals surface area contributed by atoms with Crippen molar-refractivity contribution in [2.24, 2.45) is 0 Å². The molecule has 0 aliphatic rings. The largest absolute Gasteiger partial charge is 0.456 e. The number of rotatable bonds is 14. The molecule has 0 fully saturated rings. The number of benzene rings is 10. The zero-order valence-corrected chi connectivity index (χ0v) is 41.0. The Morgan fingerprint density at radius 3 is 0.594 bits per heavy atom. The van der Waals surface area contributed by atoms with Crippen LogP contribution in [0.5, 0.6) is 11.5 Å². The van der Waals surface area contributed by atoms with Crippen LogP contribution in [-0.2, 0) is 18.3 Å². The van der Waals surface area contributed by atoms with Gasteiger partial charge in [-0.25, -0.2) is 0 Å². The van der Waals surface area contributed by atoms with E-state index in [9.17, 15) is 0 Å². The second-order valence-electron chi connectivity index (χ2n) is 16.5. The van der Waals surface area contributed by atoms with Crippen LogP contribution in [-0.4, -0.2) is 0 Å². The molecule has 0 heterocycles. The van der Waals surface area contributed by atoms with Gasteiger partial charge in [-0.3, -0.25) is 0 Å². The quantitative estimate of drug-likeness (QED) is 0.102. The Bertz CT molecular complexity index is 3150. The van der Waals surface area contributed by atoms with E-state index < -0.39 is 28.6 Å². The topological polar surface area (TPSA) is 77.5 Å². The molecule has 0 aliphatic carbocycles. The van der Waals surface area contributed by atoms with Crippen molar-refractivity contribution in [3.63, 3.8) is 0 Å². The standard InChI is InChI=1S/C60H46O5P4/c61-66(47-25-9-1-10-26-47,48-27-11-2-12-28-48)55-41-43-57(59(45-55)68(63,51-33-17-5-18-34-51)52-35-19-6-20-36-52)65-58-44-42-56(67(62,49-29-13-3-14-30-49)50-31-15-4-16-32-50)46-60(58)69(64,53-37-21-7-22-38-53)54-39-23-8-24-40-54/h1-46H. The third-order valence-corrected chi connectivity index (χ3v) is 24.7. The molecule has 0 aliphatic heterocycles. The Hall–Kier alpha value is -7.08. The van der Waals surface area contributed by atoms with Crippen molar-refractivity contribution in [3.05, 3.63) is 279 Å². The average molecular weight is 971 g/mol. The van der Waals surface area contributed by atoms with E-state index in [0.717, 1.165) is 0 Å². The van der Waals surface area contributed by atoms with Gasteiger partial charge in [-0.2, -0.15) is 0 Å². The zero-order valence-electron chi connectivity index (χ0n) is 37.4. The van der Waals surface area contributed by atoms with Crippen molar-refractivity contribution in [1.82, 2.24) is 0 Å². The van der Waals surface area contributed by atoms with Gasteiger partial charge in [-0.15, -0.1) is 0 Å². The van der Waals surface area contributed by atoms with Gasteiger partial charge in [-0.05, 0) is 36.4 Å². The fourth-order valence-electron chi connectivity index (χ4n) is 9.04. The van der Waals surface area contributed by atoms with E-state index in [-0.39, 0.29) is 11.5 Å². The van der Waals surface area contributed by atoms with E-state index in [4.69, 9.17) is 4.74 Å². The van der Waals surface area contributed by atoms with Crippen LogP contribution in [0.4, 0.5) is 0 Å². The monoisotopic (exact) mass is 970 g/mol. The van der Waals surface area contributed by atoms with Gasteiger partial charge in [0.25, 0.3) is 0 Å². The summed E-state index contributed by atoms with van der Waals surface area (Å²) in [6, 6.07) is 85.4. The SMILES string of the molecule is O=P(c1ccccc1)(c1ccccc1)c1ccc(Oc2ccc(P(=O)(c3ccccc3)c3ccccc3)cc2P(=O)(c2ccccc2)c2ccccc2)c(P(=O)(c2ccccc2)c2ccccc2)c1. The molecule has 9 heteroatoms. The molecule has 0 atom stereocenters. The van der Waals surface area contributed by atoms with Gasteiger partial charge in [0.05, 0.1) is 10.6 Å². The minimum atomic E-state index is -3.88. The first-order valence-corrected chi connectivity index (χ1v) is 29.4. The summed E-state index contributed by atoms with van der Waals surface area (Å²) in [5.41, 5.74) is 0. The van der Waals surface area contributed by atoms with Gasteiger partial charge in [0.15, 0.2) is 28.6 Å². The second-order valence-corrected chi connectivity index (χ2v) is 27.5. The highest BCUT2D eigenvalue weighted by Crippen LogP contribution is 2.51. The molecule has 0 spiro atoms. The first-order chi connectivity index (χ1) is 33.7. The third kappa shape index (κ3) is 8.37.